The van der Waals surface area contributed by atoms with Gasteiger partial charge in [-0.3, -0.25) is 33.3 Å². The Bertz CT molecular complexity index is 3950. The molecule has 10 rings (SSSR count). The minimum atomic E-state index is -4.66. The number of amides is 4. The molecule has 0 fully saturated rings. The van der Waals surface area contributed by atoms with Crippen molar-refractivity contribution in [1.82, 2.24) is 64.6 Å². The van der Waals surface area contributed by atoms with Gasteiger partial charge in [0, 0.05) is 58.6 Å². The molecule has 74 heavy (non-hydrogen) atoms. The summed E-state index contributed by atoms with van der Waals surface area (Å²) in [7, 11) is 3.12. The molecule has 21 nitrogen and oxygen atoms in total. The molecule has 4 amide bonds. The Morgan fingerprint density at radius 1 is 0.554 bits per heavy atom. The van der Waals surface area contributed by atoms with Gasteiger partial charge in [-0.25, -0.2) is 37.4 Å². The van der Waals surface area contributed by atoms with Crippen LogP contribution in [0.2, 0.25) is 0 Å². The average molecular weight is 1020 g/mol. The Balaban J connectivity index is 0.000000183. The molecule has 0 aliphatic carbocycles. The van der Waals surface area contributed by atoms with Crippen LogP contribution in [-0.4, -0.2) is 66.9 Å². The van der Waals surface area contributed by atoms with E-state index in [9.17, 15) is 50.7 Å². The second-order valence-corrected chi connectivity index (χ2v) is 16.2. The van der Waals surface area contributed by atoms with Crippen LogP contribution in [0.4, 0.5) is 22.0 Å². The normalized spacial score (nSPS) is 11.4. The smallest absolute Gasteiger partial charge is 0.408 e. The van der Waals surface area contributed by atoms with Gasteiger partial charge in [0.05, 0.1) is 23.4 Å². The van der Waals surface area contributed by atoms with Crippen molar-refractivity contribution in [3.05, 3.63) is 193 Å². The van der Waals surface area contributed by atoms with Crippen LogP contribution in [0.3, 0.4) is 0 Å². The summed E-state index contributed by atoms with van der Waals surface area (Å²) in [5.74, 6) is -5.40. The van der Waals surface area contributed by atoms with Gasteiger partial charge < -0.3 is 30.1 Å². The molecule has 7 aromatic heterocycles. The number of benzene rings is 3. The Labute approximate surface area is 410 Å². The third-order valence-corrected chi connectivity index (χ3v) is 11.3. The number of nitrogens with one attached hydrogen (secondary N) is 4. The van der Waals surface area contributed by atoms with E-state index in [4.69, 9.17) is 8.83 Å². The van der Waals surface area contributed by atoms with Crippen LogP contribution in [0.15, 0.2) is 128 Å². The van der Waals surface area contributed by atoms with Crippen molar-refractivity contribution in [3.63, 3.8) is 0 Å². The lowest BCUT2D eigenvalue weighted by Crippen LogP contribution is -2.28. The summed E-state index contributed by atoms with van der Waals surface area (Å²) in [5, 5.41) is 18.1. The molecule has 0 saturated heterocycles. The van der Waals surface area contributed by atoms with Gasteiger partial charge in [-0.2, -0.15) is 23.4 Å². The van der Waals surface area contributed by atoms with Crippen LogP contribution in [0, 0.1) is 11.6 Å². The molecule has 0 saturated carbocycles. The lowest BCUT2D eigenvalue weighted by atomic mass is 10.2. The van der Waals surface area contributed by atoms with Gasteiger partial charge in [-0.15, -0.1) is 0 Å². The predicted octanol–water partition coefficient (Wildman–Crippen LogP) is 4.76. The summed E-state index contributed by atoms with van der Waals surface area (Å²) in [6.07, 6.45) is -1.96. The molecule has 0 aliphatic heterocycles. The molecule has 26 heteroatoms. The SMILES string of the molecule is Cn1c(=O)oc2ccc(CNC(=O)c3cc(C(=O)NCc4ccccc4)n4ncc(F)c4n3)cc21.Cn1c(=O)oc2ccc(CNC(=O)c3cc(C(=O)NCc4ccnc(C(F)(F)F)c4)n4ncc(F)c4n3)cc21. The summed E-state index contributed by atoms with van der Waals surface area (Å²) in [4.78, 5) is 86.1. The van der Waals surface area contributed by atoms with Crippen molar-refractivity contribution >= 4 is 57.1 Å². The second kappa shape index (κ2) is 20.1. The highest BCUT2D eigenvalue weighted by molar-refractivity contribution is 5.99. The van der Waals surface area contributed by atoms with Crippen LogP contribution in [-0.2, 0) is 46.5 Å². The Morgan fingerprint density at radius 2 is 0.986 bits per heavy atom. The lowest BCUT2D eigenvalue weighted by molar-refractivity contribution is -0.141. The minimum absolute atomic E-state index is 0.00780. The molecule has 376 valence electrons. The molecule has 0 spiro atoms. The fourth-order valence-corrected chi connectivity index (χ4v) is 7.42. The number of alkyl halides is 3. The number of rotatable bonds is 12. The van der Waals surface area contributed by atoms with Crippen LogP contribution in [0.25, 0.3) is 33.5 Å². The number of carbonyl (C=O) groups is 4. The number of carbonyl (C=O) groups excluding carboxylic acids is 4. The van der Waals surface area contributed by atoms with Crippen molar-refractivity contribution in [2.24, 2.45) is 14.1 Å². The highest BCUT2D eigenvalue weighted by atomic mass is 19.4. The molecule has 0 radical (unpaired) electrons. The first-order valence-corrected chi connectivity index (χ1v) is 21.9. The molecule has 0 aliphatic rings. The van der Waals surface area contributed by atoms with Gasteiger partial charge in [0.15, 0.2) is 34.1 Å². The number of hydrogen-bond acceptors (Lipinski definition) is 13. The maximum atomic E-state index is 14.3. The Morgan fingerprint density at radius 3 is 1.45 bits per heavy atom. The molecule has 10 aromatic rings. The van der Waals surface area contributed by atoms with Crippen molar-refractivity contribution in [2.75, 3.05) is 0 Å². The number of fused-ring (bicyclic) bond motifs is 4. The van der Waals surface area contributed by atoms with Crippen LogP contribution in [0.5, 0.6) is 0 Å². The first-order chi connectivity index (χ1) is 35.4. The van der Waals surface area contributed by atoms with E-state index in [1.54, 1.807) is 43.4 Å². The van der Waals surface area contributed by atoms with Gasteiger partial charge >= 0.3 is 17.7 Å². The van der Waals surface area contributed by atoms with E-state index in [0.29, 0.717) is 33.3 Å². The lowest BCUT2D eigenvalue weighted by Gasteiger charge is -2.11. The first-order valence-electron chi connectivity index (χ1n) is 21.9. The van der Waals surface area contributed by atoms with Crippen LogP contribution >= 0.6 is 0 Å². The number of aryl methyl sites for hydroxylation is 2. The van der Waals surface area contributed by atoms with E-state index >= 15 is 0 Å². The zero-order valence-corrected chi connectivity index (χ0v) is 38.4. The summed E-state index contributed by atoms with van der Waals surface area (Å²) in [6, 6.07) is 23.6. The Kier molecular flexibility index (Phi) is 13.3. The van der Waals surface area contributed by atoms with Crippen molar-refractivity contribution < 1.29 is 50.0 Å². The Hall–Kier alpha value is -9.88. The van der Waals surface area contributed by atoms with Crippen molar-refractivity contribution in [3.8, 4) is 0 Å². The fourth-order valence-electron chi connectivity index (χ4n) is 7.42. The van der Waals surface area contributed by atoms with E-state index < -0.39 is 64.3 Å². The van der Waals surface area contributed by atoms with Crippen LogP contribution < -0.4 is 32.8 Å². The quantitative estimate of drug-likeness (QED) is 0.121. The molecule has 7 heterocycles. The zero-order chi connectivity index (χ0) is 52.4. The zero-order valence-electron chi connectivity index (χ0n) is 38.4. The maximum absolute atomic E-state index is 14.3. The van der Waals surface area contributed by atoms with E-state index in [-0.39, 0.29) is 60.2 Å². The topological polar surface area (TPSA) is 260 Å². The molecule has 0 bridgehead atoms. The summed E-state index contributed by atoms with van der Waals surface area (Å²) < 4.78 is 82.2. The second-order valence-electron chi connectivity index (χ2n) is 16.2. The number of hydrogen-bond donors (Lipinski definition) is 4. The van der Waals surface area contributed by atoms with Gasteiger partial charge in [0.2, 0.25) is 0 Å². The molecular formula is C48H36F5N13O8. The van der Waals surface area contributed by atoms with Gasteiger partial charge in [-0.1, -0.05) is 42.5 Å². The third kappa shape index (κ3) is 10.3. The summed E-state index contributed by atoms with van der Waals surface area (Å²) in [5.41, 5.74) is 1.73. The van der Waals surface area contributed by atoms with E-state index in [1.165, 1.54) is 28.3 Å². The van der Waals surface area contributed by atoms with Crippen molar-refractivity contribution in [1.29, 1.82) is 0 Å². The van der Waals surface area contributed by atoms with Crippen LogP contribution in [0.1, 0.15) is 69.9 Å². The third-order valence-electron chi connectivity index (χ3n) is 11.3. The molecule has 3 aromatic carbocycles. The fraction of sp³-hybridized carbons (Fsp3) is 0.146. The van der Waals surface area contributed by atoms with Gasteiger partial charge in [0.25, 0.3) is 23.6 Å². The van der Waals surface area contributed by atoms with Crippen molar-refractivity contribution in [2.45, 2.75) is 32.4 Å². The number of halogens is 5. The van der Waals surface area contributed by atoms with Gasteiger partial charge in [-0.05, 0) is 58.7 Å². The predicted molar refractivity (Wildman–Crippen MR) is 249 cm³/mol. The van der Waals surface area contributed by atoms with E-state index in [1.807, 2.05) is 30.3 Å². The van der Waals surface area contributed by atoms with E-state index in [0.717, 1.165) is 45.3 Å². The molecule has 0 atom stereocenters. The number of aromatic nitrogens is 9. The molecular weight excluding hydrogens is 982 g/mol. The standard InChI is InChI=1S/C24H17F4N7O4.C24H19FN6O4/c1-34-16-6-12(2-3-18(16)39-23(34)38)9-30-21(36)15-8-17(35-20(33-15)14(25)11-32-35)22(37)31-10-13-4-5-29-19(7-13)24(26,27)28;1-30-18-9-15(7-8-20(18)35-24(30)34)12-26-22(32)17-10-19(31-21(29-17)16(25)13-28-31)23(33)27-11-14-5-3-2-4-6-14/h2-8,11H,9-10H2,1H3,(H,30,36)(H,31,37);2-10,13H,11-12H2,1H3,(H,26,32)(H,27,33). The first kappa shape index (κ1) is 49.1. The van der Waals surface area contributed by atoms with E-state index in [2.05, 4.69) is 46.4 Å². The molecule has 0 unspecified atom stereocenters. The minimum Gasteiger partial charge on any atom is -0.408 e. The number of nitrogens with zero attached hydrogens (tertiary/aromatic N) is 9. The molecule has 4 N–H and O–H groups in total. The maximum Gasteiger partial charge on any atom is 0.433 e. The monoisotopic (exact) mass is 1020 g/mol. The average Bonchev–Trinajstić information content (AvgIpc) is 4.14. The highest BCUT2D eigenvalue weighted by Gasteiger charge is 2.32. The highest BCUT2D eigenvalue weighted by Crippen LogP contribution is 2.28. The summed E-state index contributed by atoms with van der Waals surface area (Å²) >= 11 is 0. The number of pyridine rings is 1. The number of oxazole rings is 2. The van der Waals surface area contributed by atoms with Gasteiger partial charge in [0.1, 0.15) is 28.5 Å². The largest absolute Gasteiger partial charge is 0.433 e. The summed E-state index contributed by atoms with van der Waals surface area (Å²) in [6.45, 7) is 0.0540.